The van der Waals surface area contributed by atoms with Crippen LogP contribution in [0.3, 0.4) is 0 Å². The van der Waals surface area contributed by atoms with E-state index in [2.05, 4.69) is 15.3 Å². The number of nitrogens with one attached hydrogen (secondary N) is 2. The highest BCUT2D eigenvalue weighted by Crippen LogP contribution is 2.25. The second kappa shape index (κ2) is 7.54. The van der Waals surface area contributed by atoms with Gasteiger partial charge in [-0.2, -0.15) is 0 Å². The molecular formula is C21H22N4O4. The third-order valence-electron chi connectivity index (χ3n) is 5.50. The molecule has 8 nitrogen and oxygen atoms in total. The number of hydrogen-bond acceptors (Lipinski definition) is 4. The molecule has 2 aromatic heterocycles. The minimum atomic E-state index is -0.822. The van der Waals surface area contributed by atoms with Crippen LogP contribution in [0.4, 0.5) is 0 Å². The highest BCUT2D eigenvalue weighted by Gasteiger charge is 2.29. The van der Waals surface area contributed by atoms with Crippen LogP contribution >= 0.6 is 0 Å². The van der Waals surface area contributed by atoms with Gasteiger partial charge in [-0.3, -0.25) is 14.4 Å². The number of aromatic amines is 1. The second-order valence-corrected chi connectivity index (χ2v) is 7.42. The molecule has 1 unspecified atom stereocenters. The van der Waals surface area contributed by atoms with Gasteiger partial charge in [-0.1, -0.05) is 18.2 Å². The van der Waals surface area contributed by atoms with E-state index in [9.17, 15) is 14.4 Å². The number of fused-ring (bicyclic) bond motifs is 3. The van der Waals surface area contributed by atoms with Gasteiger partial charge in [0.2, 0.25) is 5.91 Å². The van der Waals surface area contributed by atoms with Crippen LogP contribution in [0.2, 0.25) is 0 Å². The van der Waals surface area contributed by atoms with Gasteiger partial charge in [0.05, 0.1) is 17.6 Å². The molecular weight excluding hydrogens is 372 g/mol. The van der Waals surface area contributed by atoms with Gasteiger partial charge < -0.3 is 20.3 Å². The van der Waals surface area contributed by atoms with Gasteiger partial charge in [-0.05, 0) is 31.9 Å². The number of hydrogen-bond donors (Lipinski definition) is 3. The molecule has 3 aromatic rings. The minimum Gasteiger partial charge on any atom is -0.481 e. The fraction of sp³-hybridized carbons (Fsp3) is 0.333. The smallest absolute Gasteiger partial charge is 0.306 e. The predicted molar refractivity (Wildman–Crippen MR) is 107 cm³/mol. The first-order valence-electron chi connectivity index (χ1n) is 9.63. The summed E-state index contributed by atoms with van der Waals surface area (Å²) in [7, 11) is 0. The Labute approximate surface area is 166 Å². The fourth-order valence-electron chi connectivity index (χ4n) is 3.83. The van der Waals surface area contributed by atoms with E-state index >= 15 is 0 Å². The first-order chi connectivity index (χ1) is 13.9. The summed E-state index contributed by atoms with van der Waals surface area (Å²) in [5.41, 5.74) is 2.05. The molecule has 0 aliphatic carbocycles. The maximum atomic E-state index is 12.7. The first kappa shape index (κ1) is 18.9. The normalized spacial score (nSPS) is 16.1. The van der Waals surface area contributed by atoms with Crippen molar-refractivity contribution in [3.8, 4) is 0 Å². The molecule has 1 aromatic carbocycles. The first-order valence-corrected chi connectivity index (χ1v) is 9.63. The summed E-state index contributed by atoms with van der Waals surface area (Å²) in [5.74, 6) is -1.86. The highest BCUT2D eigenvalue weighted by molar-refractivity contribution is 6.09. The minimum absolute atomic E-state index is 0.213. The number of H-pyrrole nitrogens is 1. The van der Waals surface area contributed by atoms with Gasteiger partial charge in [0.1, 0.15) is 11.7 Å². The number of aliphatic carboxylic acids is 1. The Hall–Kier alpha value is -3.42. The van der Waals surface area contributed by atoms with E-state index in [0.29, 0.717) is 25.9 Å². The largest absolute Gasteiger partial charge is 0.481 e. The average molecular weight is 394 g/mol. The number of carboxylic acid groups (broad SMARTS) is 1. The Balaban J connectivity index is 1.45. The summed E-state index contributed by atoms with van der Waals surface area (Å²) in [6.45, 7) is 2.40. The number of piperidine rings is 1. The number of benzene rings is 1. The Kier molecular flexibility index (Phi) is 4.92. The third kappa shape index (κ3) is 3.65. The van der Waals surface area contributed by atoms with E-state index in [1.165, 1.54) is 0 Å². The zero-order chi connectivity index (χ0) is 20.5. The van der Waals surface area contributed by atoms with E-state index in [1.807, 2.05) is 24.3 Å². The summed E-state index contributed by atoms with van der Waals surface area (Å²) in [4.78, 5) is 45.4. The molecule has 1 aliphatic rings. The van der Waals surface area contributed by atoms with Crippen molar-refractivity contribution >= 4 is 39.6 Å². The van der Waals surface area contributed by atoms with Gasteiger partial charge >= 0.3 is 5.97 Å². The SMILES string of the molecule is CC(NC(=O)c1cc2c(cn1)[nH]c1ccccc12)C(=O)N1CCC(C(=O)O)CC1. The van der Waals surface area contributed by atoms with Crippen LogP contribution in [0.1, 0.15) is 30.3 Å². The van der Waals surface area contributed by atoms with E-state index in [4.69, 9.17) is 5.11 Å². The molecule has 2 amide bonds. The van der Waals surface area contributed by atoms with Crippen molar-refractivity contribution in [2.45, 2.75) is 25.8 Å². The number of likely N-dealkylation sites (tertiary alicyclic amines) is 1. The van der Waals surface area contributed by atoms with Crippen LogP contribution in [-0.4, -0.2) is 56.9 Å². The highest BCUT2D eigenvalue weighted by atomic mass is 16.4. The lowest BCUT2D eigenvalue weighted by atomic mass is 9.97. The summed E-state index contributed by atoms with van der Waals surface area (Å²) >= 11 is 0. The zero-order valence-electron chi connectivity index (χ0n) is 16.0. The summed E-state index contributed by atoms with van der Waals surface area (Å²) in [5, 5.41) is 13.7. The van der Waals surface area contributed by atoms with E-state index in [0.717, 1.165) is 21.8 Å². The number of nitrogens with zero attached hydrogens (tertiary/aromatic N) is 2. The molecule has 1 fully saturated rings. The van der Waals surface area contributed by atoms with Crippen molar-refractivity contribution in [1.82, 2.24) is 20.2 Å². The quantitative estimate of drug-likeness (QED) is 0.627. The van der Waals surface area contributed by atoms with Gasteiger partial charge in [0.25, 0.3) is 5.91 Å². The van der Waals surface area contributed by atoms with Crippen molar-refractivity contribution < 1.29 is 19.5 Å². The van der Waals surface area contributed by atoms with Crippen LogP contribution in [0.15, 0.2) is 36.5 Å². The molecule has 1 aliphatic heterocycles. The summed E-state index contributed by atoms with van der Waals surface area (Å²) < 4.78 is 0. The monoisotopic (exact) mass is 394 g/mol. The van der Waals surface area contributed by atoms with Crippen molar-refractivity contribution in [3.63, 3.8) is 0 Å². The maximum Gasteiger partial charge on any atom is 0.306 e. The number of pyridine rings is 1. The lowest BCUT2D eigenvalue weighted by Gasteiger charge is -2.32. The third-order valence-corrected chi connectivity index (χ3v) is 5.50. The number of carboxylic acids is 1. The summed E-state index contributed by atoms with van der Waals surface area (Å²) in [6.07, 6.45) is 2.48. The lowest BCUT2D eigenvalue weighted by molar-refractivity contribution is -0.146. The maximum absolute atomic E-state index is 12.7. The van der Waals surface area contributed by atoms with E-state index in [-0.39, 0.29) is 11.6 Å². The number of carbonyl (C=O) groups excluding carboxylic acids is 2. The molecule has 3 N–H and O–H groups in total. The number of carbonyl (C=O) groups is 3. The molecule has 0 radical (unpaired) electrons. The predicted octanol–water partition coefficient (Wildman–Crippen LogP) is 2.16. The van der Waals surface area contributed by atoms with Crippen molar-refractivity contribution in [2.75, 3.05) is 13.1 Å². The summed E-state index contributed by atoms with van der Waals surface area (Å²) in [6, 6.07) is 8.81. The molecule has 29 heavy (non-hydrogen) atoms. The number of para-hydroxylation sites is 1. The van der Waals surface area contributed by atoms with Crippen molar-refractivity contribution in [2.24, 2.45) is 5.92 Å². The number of rotatable bonds is 4. The van der Waals surface area contributed by atoms with E-state index in [1.54, 1.807) is 24.1 Å². The lowest BCUT2D eigenvalue weighted by Crippen LogP contribution is -2.50. The molecule has 0 spiro atoms. The Morgan fingerprint density at radius 1 is 1.17 bits per heavy atom. The molecule has 1 saturated heterocycles. The Bertz CT molecular complexity index is 1100. The molecule has 0 saturated carbocycles. The Morgan fingerprint density at radius 2 is 1.90 bits per heavy atom. The van der Waals surface area contributed by atoms with Crippen LogP contribution in [-0.2, 0) is 9.59 Å². The van der Waals surface area contributed by atoms with Gasteiger partial charge in [-0.15, -0.1) is 0 Å². The van der Waals surface area contributed by atoms with Crippen molar-refractivity contribution in [3.05, 3.63) is 42.2 Å². The van der Waals surface area contributed by atoms with Crippen molar-refractivity contribution in [1.29, 1.82) is 0 Å². The topological polar surface area (TPSA) is 115 Å². The molecule has 1 atom stereocenters. The van der Waals surface area contributed by atoms with Gasteiger partial charge in [0.15, 0.2) is 0 Å². The molecule has 3 heterocycles. The van der Waals surface area contributed by atoms with Gasteiger partial charge in [-0.25, -0.2) is 4.98 Å². The second-order valence-electron chi connectivity index (χ2n) is 7.42. The van der Waals surface area contributed by atoms with E-state index < -0.39 is 23.8 Å². The van der Waals surface area contributed by atoms with Crippen LogP contribution < -0.4 is 5.32 Å². The van der Waals surface area contributed by atoms with Crippen LogP contribution in [0.5, 0.6) is 0 Å². The standard InChI is InChI=1S/C21H22N4O4/c1-12(20(27)25-8-6-13(7-9-25)21(28)29)23-19(26)17-10-15-14-4-2-3-5-16(14)24-18(15)11-22-17/h2-5,10-13,24H,6-9H2,1H3,(H,23,26)(H,28,29). The zero-order valence-corrected chi connectivity index (χ0v) is 16.0. The van der Waals surface area contributed by atoms with Gasteiger partial charge in [0, 0.05) is 29.4 Å². The Morgan fingerprint density at radius 3 is 2.62 bits per heavy atom. The van der Waals surface area contributed by atoms with Crippen LogP contribution in [0, 0.1) is 5.92 Å². The number of aromatic nitrogens is 2. The molecule has 8 heteroatoms. The molecule has 4 rings (SSSR count). The molecule has 0 bridgehead atoms. The fourth-order valence-corrected chi connectivity index (χ4v) is 3.83. The van der Waals surface area contributed by atoms with Crippen LogP contribution in [0.25, 0.3) is 21.8 Å². The number of amides is 2. The molecule has 150 valence electrons. The average Bonchev–Trinajstić information content (AvgIpc) is 3.11.